The normalized spacial score (nSPS) is 33.9. The molecule has 17 heteroatoms. The molecule has 23 aliphatic carbocycles. The summed E-state index contributed by atoms with van der Waals surface area (Å²) < 4.78 is 8.22. The Morgan fingerprint density at radius 2 is 0.638 bits per heavy atom. The molecule has 0 spiro atoms. The molecule has 8 fully saturated rings. The zero-order chi connectivity index (χ0) is 91.8. The first-order chi connectivity index (χ1) is 60.7. The summed E-state index contributed by atoms with van der Waals surface area (Å²) in [5.74, 6) is 11.7. The smallest absolute Gasteiger partial charge is 0.481 e. The predicted octanol–water partition coefficient (Wildman–Crippen LogP) is 23.3. The molecule has 0 saturated heterocycles. The van der Waals surface area contributed by atoms with Gasteiger partial charge < -0.3 is 39.5 Å². The molecule has 16 bridgehead atoms. The summed E-state index contributed by atoms with van der Waals surface area (Å²) in [7, 11) is 0. The minimum Gasteiger partial charge on any atom is -0.481 e. The van der Waals surface area contributed by atoms with E-state index >= 15 is 0 Å². The summed E-state index contributed by atoms with van der Waals surface area (Å²) in [5, 5.41) is 52.0. The van der Waals surface area contributed by atoms with Crippen LogP contribution in [0.5, 0.6) is 0 Å². The van der Waals surface area contributed by atoms with Gasteiger partial charge >= 0.3 is 23.7 Å². The fourth-order valence-corrected chi connectivity index (χ4v) is 22.6. The number of hydrogen-bond donors (Lipinski definition) is 6. The van der Waals surface area contributed by atoms with Crippen molar-refractivity contribution in [3.05, 3.63) is 169 Å². The first-order valence-corrected chi connectivity index (χ1v) is 49.5. The second-order valence-corrected chi connectivity index (χ2v) is 43.0. The monoisotopic (exact) mass is 1750 g/mol. The van der Waals surface area contributed by atoms with E-state index in [9.17, 15) is 43.2 Å². The number of carboxylic acid groups (broad SMARTS) is 3. The van der Waals surface area contributed by atoms with Crippen molar-refractivity contribution in [1.29, 1.82) is 0 Å². The summed E-state index contributed by atoms with van der Waals surface area (Å²) in [5.41, 5.74) is -0.463. The molecule has 0 aliphatic heterocycles. The van der Waals surface area contributed by atoms with Gasteiger partial charge in [-0.2, -0.15) is 0 Å². The standard InChI is InChI=1S/C13H20O.C12H18O.C11H16O2.C11H18O.C10H14O2.C9H12O2.C8H10O2.C8H12O.C7H10O2.C7H10.C6H10.C5H8.C3H2O3/c1-13(2,3)12(14)11-8-9-4-6-10(11)7-5-9;1-12(2,3)11(13)10-7-8-4-5-9(10)6-8;12-6-5-11(13)10-7-8-1-3-9(10)4-2-8;1-11(2,3)10(12)8-9-6-4-5-7-9;11-4-3-10(12)9-6-7-1-2-8(9)5-7;10-9(11)8-5-6-1-3-7(8)4-2-6;9-8(10)7-4-5-1-2-6(7)3-5;9-5-8-4-6-1-2-7(8)3-6;8-7(9)5-6-3-1-2-4-6;1-2-7-4-3-6(1)5-7;1-2-4-6-5-3-1;1-2-4-5-3-1;4-3-5-1-2-6-3/h4,6,9-11H,5,7-8H2,1-3H3;4-5,8-10H,6-7H2,1-3H3;1,3,8-10,12H,2,4-7H2;4,6,9H,5,7-8H2,1-3H3;1-2,7-9,11H,3-6H2;1,3,6-8H,2,4-5H2,(H,10,11);1-2,5-7H,3-4H2,(H,9,10);1-2,6-9H,3-5H2;1,3,6H,2,4-5H2,(H,8,9);1-2,6-7H,3-5H2;1-2H,3-6H2;1-2H,3-5H2;1-2H. The molecule has 25 atom stereocenters. The lowest BCUT2D eigenvalue weighted by Crippen LogP contribution is -2.38. The van der Waals surface area contributed by atoms with Crippen LogP contribution in [0.15, 0.2) is 172 Å². The number of aliphatic hydroxyl groups excluding tert-OH is 3. The number of carbonyl (C=O) groups excluding carboxylic acids is 5. The lowest BCUT2D eigenvalue weighted by molar-refractivity contribution is -0.145. The van der Waals surface area contributed by atoms with E-state index in [1.807, 2.05) is 74.5 Å². The lowest BCUT2D eigenvalue weighted by atomic mass is 9.64. The number of hydrogen-bond acceptors (Lipinski definition) is 14. The maximum atomic E-state index is 12.2. The molecule has 1 heterocycles. The highest BCUT2D eigenvalue weighted by Crippen LogP contribution is 2.50. The molecule has 17 nitrogen and oxygen atoms in total. The van der Waals surface area contributed by atoms with Crippen LogP contribution in [0.3, 0.4) is 0 Å². The molecule has 1 aromatic heterocycles. The van der Waals surface area contributed by atoms with Gasteiger partial charge in [-0.05, 0) is 311 Å². The number of fused-ring (bicyclic) bond motifs is 16. The van der Waals surface area contributed by atoms with Gasteiger partial charge in [-0.3, -0.25) is 38.4 Å². The summed E-state index contributed by atoms with van der Waals surface area (Å²) in [6.45, 7) is 18.6. The molecule has 6 N–H and O–H groups in total. The number of rotatable bonds is 15. The van der Waals surface area contributed by atoms with Gasteiger partial charge in [-0.25, -0.2) is 4.79 Å². The van der Waals surface area contributed by atoms with Crippen molar-refractivity contribution in [2.24, 2.45) is 164 Å². The van der Waals surface area contributed by atoms with Crippen LogP contribution in [0, 0.1) is 164 Å². The van der Waals surface area contributed by atoms with Crippen molar-refractivity contribution in [1.82, 2.24) is 0 Å². The Morgan fingerprint density at radius 1 is 0.315 bits per heavy atom. The van der Waals surface area contributed by atoms with Gasteiger partial charge in [0.2, 0.25) is 0 Å². The number of aliphatic carboxylic acids is 3. The van der Waals surface area contributed by atoms with Gasteiger partial charge in [0.05, 0.1) is 18.3 Å². The molecule has 1 aromatic rings. The number of carboxylic acids is 3. The Kier molecular flexibility index (Phi) is 41.8. The number of carbonyl (C=O) groups is 8. The van der Waals surface area contributed by atoms with Crippen molar-refractivity contribution < 1.29 is 77.8 Å². The lowest BCUT2D eigenvalue weighted by Gasteiger charge is -2.39. The SMILES string of the molecule is C1=CC2CCC1C2.C1=CCCC1.C1=CCCCC1.CC(C)(C)C(=O)C1CC2C=CC1C2.CC(C)(C)C(=O)C1CC2C=CC1CC2.CC(C)(C)C(=O)CC1C=CCC1.O=C(CCO)C1CC2C=CC1C2.O=C(CCO)C1CC2C=CC1CC2.O=C(O)C1CC2C=CC1C2.O=C(O)C1CC2C=CC1CC2.O=C(O)CC1C=CCC1.O=c1occo1.OCC1CC2C=CC1C2. The van der Waals surface area contributed by atoms with Crippen LogP contribution >= 0.6 is 0 Å². The molecular formula is C110H160O17. The quantitative estimate of drug-likeness (QED) is 0.0889. The van der Waals surface area contributed by atoms with Gasteiger partial charge in [-0.15, -0.1) is 0 Å². The second-order valence-electron chi connectivity index (χ2n) is 43.0. The minimum absolute atomic E-state index is 0.0104. The van der Waals surface area contributed by atoms with Crippen molar-refractivity contribution in [3.63, 3.8) is 0 Å². The van der Waals surface area contributed by atoms with Crippen LogP contribution < -0.4 is 5.82 Å². The van der Waals surface area contributed by atoms with Crippen molar-refractivity contribution in [2.75, 3.05) is 19.8 Å². The van der Waals surface area contributed by atoms with E-state index in [0.717, 1.165) is 101 Å². The average Bonchev–Trinajstić information content (AvgIpc) is 1.77. The Balaban J connectivity index is 0.000000157. The number of Topliss-reactive ketones (excluding diaryl/α,β-unsaturated/α-hetero) is 5. The van der Waals surface area contributed by atoms with Crippen LogP contribution in [0.25, 0.3) is 0 Å². The highest BCUT2D eigenvalue weighted by Gasteiger charge is 2.46. The van der Waals surface area contributed by atoms with E-state index in [0.29, 0.717) is 144 Å². The summed E-state index contributed by atoms with van der Waals surface area (Å²) in [4.78, 5) is 99.9. The minimum atomic E-state index is -0.688. The molecule has 127 heavy (non-hydrogen) atoms. The zero-order valence-electron chi connectivity index (χ0n) is 78.5. The number of ketones is 5. The van der Waals surface area contributed by atoms with Crippen LogP contribution in [-0.2, 0) is 38.4 Å². The fourth-order valence-electron chi connectivity index (χ4n) is 22.6. The molecule has 0 aromatic carbocycles. The maximum Gasteiger partial charge on any atom is 0.518 e. The third kappa shape index (κ3) is 33.7. The third-order valence-corrected chi connectivity index (χ3v) is 30.1. The van der Waals surface area contributed by atoms with E-state index < -0.39 is 23.7 Å². The van der Waals surface area contributed by atoms with Gasteiger partial charge in [0, 0.05) is 79.0 Å². The molecule has 0 radical (unpaired) electrons. The van der Waals surface area contributed by atoms with Gasteiger partial charge in [0.1, 0.15) is 41.4 Å². The Bertz CT molecular complexity index is 4060. The fraction of sp³-hybridized carbons (Fsp3) is 0.682. The Hall–Kier alpha value is -7.47. The van der Waals surface area contributed by atoms with E-state index in [4.69, 9.17) is 30.6 Å². The largest absolute Gasteiger partial charge is 0.518 e. The highest BCUT2D eigenvalue weighted by atomic mass is 16.5. The van der Waals surface area contributed by atoms with Gasteiger partial charge in [0.15, 0.2) is 0 Å². The van der Waals surface area contributed by atoms with Gasteiger partial charge in [-0.1, -0.05) is 208 Å². The first-order valence-electron chi connectivity index (χ1n) is 49.5. The van der Waals surface area contributed by atoms with Crippen LogP contribution in [-0.4, -0.2) is 97.3 Å². The van der Waals surface area contributed by atoms with Crippen LogP contribution in [0.1, 0.15) is 287 Å². The second kappa shape index (κ2) is 51.4. The molecular weight excluding hydrogens is 1590 g/mol. The molecule has 702 valence electrons. The van der Waals surface area contributed by atoms with Crippen LogP contribution in [0.4, 0.5) is 0 Å². The summed E-state index contributed by atoms with van der Waals surface area (Å²) >= 11 is 0. The zero-order valence-corrected chi connectivity index (χ0v) is 78.5. The molecule has 25 unspecified atom stereocenters. The highest BCUT2D eigenvalue weighted by molar-refractivity contribution is 5.88. The van der Waals surface area contributed by atoms with Crippen molar-refractivity contribution in [3.8, 4) is 0 Å². The van der Waals surface area contributed by atoms with Crippen LogP contribution in [0.2, 0.25) is 0 Å². The summed E-state index contributed by atoms with van der Waals surface area (Å²) in [6.07, 6.45) is 95.0. The number of allylic oxidation sites excluding steroid dienone is 24. The molecule has 8 saturated carbocycles. The molecule has 24 rings (SSSR count). The summed E-state index contributed by atoms with van der Waals surface area (Å²) in [6, 6.07) is 0. The molecule has 0 amide bonds. The number of aliphatic hydroxyl groups is 3. The Labute approximate surface area is 760 Å². The van der Waals surface area contributed by atoms with E-state index in [2.05, 4.69) is 143 Å². The van der Waals surface area contributed by atoms with E-state index in [-0.39, 0.29) is 64.7 Å². The topological polar surface area (TPSA) is 301 Å². The first kappa shape index (κ1) is 103. The van der Waals surface area contributed by atoms with Gasteiger partial charge in [0.25, 0.3) is 0 Å². The maximum absolute atomic E-state index is 12.2. The third-order valence-electron chi connectivity index (χ3n) is 30.1. The van der Waals surface area contributed by atoms with Crippen molar-refractivity contribution in [2.45, 2.75) is 287 Å². The average molecular weight is 1750 g/mol. The van der Waals surface area contributed by atoms with E-state index in [1.54, 1.807) is 0 Å². The van der Waals surface area contributed by atoms with E-state index in [1.165, 1.54) is 141 Å². The van der Waals surface area contributed by atoms with Crippen molar-refractivity contribution >= 4 is 46.8 Å². The molecule has 23 aliphatic rings. The Morgan fingerprint density at radius 3 is 0.874 bits per heavy atom. The predicted molar refractivity (Wildman–Crippen MR) is 503 cm³/mol.